The number of carbonyl (C=O) groups excluding carboxylic acids is 2. The van der Waals surface area contributed by atoms with Crippen LogP contribution in [-0.2, 0) is 14.3 Å². The minimum Gasteiger partial charge on any atom is -0.466 e. The number of benzene rings is 1. The average molecular weight is 391 g/mol. The second-order valence-corrected chi connectivity index (χ2v) is 5.47. The van der Waals surface area contributed by atoms with Crippen molar-refractivity contribution in [2.24, 2.45) is 10.2 Å². The highest BCUT2D eigenvalue weighted by atomic mass is 32.2. The first kappa shape index (κ1) is 19.4. The van der Waals surface area contributed by atoms with Crippen molar-refractivity contribution in [2.45, 2.75) is 6.36 Å². The Kier molecular flexibility index (Phi) is 5.97. The molecule has 0 aliphatic carbocycles. The summed E-state index contributed by atoms with van der Waals surface area (Å²) in [5, 5.41) is 9.20. The molecule has 0 radical (unpaired) electrons. The maximum Gasteiger partial charge on any atom is 0.573 e. The number of amides is 1. The fraction of sp³-hybridized carbons (Fsp3) is 0.143. The highest BCUT2D eigenvalue weighted by Crippen LogP contribution is 2.27. The normalized spacial score (nSPS) is 17.8. The van der Waals surface area contributed by atoms with Crippen LogP contribution in [0.25, 0.3) is 0 Å². The first-order valence-electron chi connectivity index (χ1n) is 6.63. The molecule has 0 aromatic heterocycles. The van der Waals surface area contributed by atoms with Crippen LogP contribution in [0, 0.1) is 5.82 Å². The minimum absolute atomic E-state index is 0.0159. The van der Waals surface area contributed by atoms with Crippen molar-refractivity contribution in [1.82, 2.24) is 5.32 Å². The Balaban J connectivity index is 2.19. The van der Waals surface area contributed by atoms with Crippen molar-refractivity contribution in [3.8, 4) is 5.75 Å². The van der Waals surface area contributed by atoms with Gasteiger partial charge in [-0.3, -0.25) is 10.1 Å². The molecule has 0 spiro atoms. The van der Waals surface area contributed by atoms with E-state index in [1.807, 2.05) is 0 Å². The van der Waals surface area contributed by atoms with Gasteiger partial charge in [0.1, 0.15) is 11.6 Å². The lowest BCUT2D eigenvalue weighted by atomic mass is 10.2. The summed E-state index contributed by atoms with van der Waals surface area (Å²) in [5.74, 6) is -3.20. The number of esters is 1. The van der Waals surface area contributed by atoms with E-state index in [0.717, 1.165) is 43.1 Å². The predicted octanol–water partition coefficient (Wildman–Crippen LogP) is 2.33. The molecule has 0 saturated carbocycles. The number of hydrogen-bond acceptors (Lipinski definition) is 7. The summed E-state index contributed by atoms with van der Waals surface area (Å²) in [6.45, 7) is 0. The highest BCUT2D eigenvalue weighted by Gasteiger charge is 2.32. The molecule has 2 rings (SSSR count). The van der Waals surface area contributed by atoms with E-state index in [1.54, 1.807) is 0 Å². The number of ether oxygens (including phenoxy) is 2. The SMILES string of the molecule is COC(=O)/C=C1/S/C(=N\N=Cc2c(F)cccc2OC(F)(F)F)NC1=O. The predicted molar refractivity (Wildman–Crippen MR) is 83.9 cm³/mol. The standard InChI is InChI=1S/C14H9F4N3O4S/c1-24-11(22)5-10-12(23)20-13(26-10)21-19-6-7-8(15)3-2-4-9(7)25-14(16,17)18/h2-6H,1H3,(H,20,21,23)/b10-5+,19-6?. The number of nitrogens with zero attached hydrogens (tertiary/aromatic N) is 2. The van der Waals surface area contributed by atoms with E-state index in [0.29, 0.717) is 6.21 Å². The maximum atomic E-state index is 13.7. The minimum atomic E-state index is -5.01. The van der Waals surface area contributed by atoms with Gasteiger partial charge in [-0.05, 0) is 23.9 Å². The largest absolute Gasteiger partial charge is 0.573 e. The zero-order valence-corrected chi connectivity index (χ0v) is 13.7. The lowest BCUT2D eigenvalue weighted by Crippen LogP contribution is -2.19. The van der Waals surface area contributed by atoms with Gasteiger partial charge in [-0.15, -0.1) is 18.3 Å². The molecule has 1 aliphatic rings. The molecule has 0 atom stereocenters. The van der Waals surface area contributed by atoms with Crippen LogP contribution in [-0.4, -0.2) is 36.7 Å². The van der Waals surface area contributed by atoms with E-state index >= 15 is 0 Å². The van der Waals surface area contributed by atoms with Gasteiger partial charge < -0.3 is 9.47 Å². The van der Waals surface area contributed by atoms with E-state index in [4.69, 9.17) is 0 Å². The van der Waals surface area contributed by atoms with Gasteiger partial charge in [-0.1, -0.05) is 6.07 Å². The number of methoxy groups -OCH3 is 1. The number of hydrogen-bond donors (Lipinski definition) is 1. The van der Waals surface area contributed by atoms with Gasteiger partial charge in [0, 0.05) is 6.08 Å². The fourth-order valence-corrected chi connectivity index (χ4v) is 2.38. The number of amidine groups is 1. The van der Waals surface area contributed by atoms with Crippen LogP contribution in [0.5, 0.6) is 5.75 Å². The third kappa shape index (κ3) is 5.31. The van der Waals surface area contributed by atoms with E-state index in [1.165, 1.54) is 0 Å². The monoisotopic (exact) mass is 391 g/mol. The molecule has 1 aromatic rings. The zero-order chi connectivity index (χ0) is 19.3. The Hall–Kier alpha value is -2.89. The molecule has 1 N–H and O–H groups in total. The Labute approximate surface area is 147 Å². The summed E-state index contributed by atoms with van der Waals surface area (Å²) >= 11 is 0.747. The van der Waals surface area contributed by atoms with Crippen LogP contribution in [0.15, 0.2) is 39.4 Å². The Morgan fingerprint density at radius 3 is 2.73 bits per heavy atom. The number of halogens is 4. The molecule has 7 nitrogen and oxygen atoms in total. The topological polar surface area (TPSA) is 89.3 Å². The number of thioether (sulfide) groups is 1. The van der Waals surface area contributed by atoms with E-state index in [-0.39, 0.29) is 10.1 Å². The Morgan fingerprint density at radius 1 is 1.35 bits per heavy atom. The van der Waals surface area contributed by atoms with Crippen molar-refractivity contribution < 1.29 is 36.6 Å². The van der Waals surface area contributed by atoms with Crippen molar-refractivity contribution in [3.63, 3.8) is 0 Å². The highest BCUT2D eigenvalue weighted by molar-refractivity contribution is 8.18. The average Bonchev–Trinajstić information content (AvgIpc) is 2.88. The molecule has 138 valence electrons. The first-order valence-corrected chi connectivity index (χ1v) is 7.45. The third-order valence-corrected chi connectivity index (χ3v) is 3.58. The van der Waals surface area contributed by atoms with Gasteiger partial charge >= 0.3 is 12.3 Å². The smallest absolute Gasteiger partial charge is 0.466 e. The van der Waals surface area contributed by atoms with Crippen molar-refractivity contribution in [3.05, 3.63) is 40.6 Å². The van der Waals surface area contributed by atoms with Gasteiger partial charge in [0.15, 0.2) is 5.17 Å². The Bertz CT molecular complexity index is 821. The molecule has 26 heavy (non-hydrogen) atoms. The number of carbonyl (C=O) groups is 2. The second-order valence-electron chi connectivity index (χ2n) is 4.44. The van der Waals surface area contributed by atoms with Crippen LogP contribution in [0.4, 0.5) is 17.6 Å². The molecular formula is C14H9F4N3O4S. The summed E-state index contributed by atoms with van der Waals surface area (Å²) in [7, 11) is 1.13. The van der Waals surface area contributed by atoms with Gasteiger partial charge in [0.05, 0.1) is 23.8 Å². The van der Waals surface area contributed by atoms with Gasteiger partial charge in [0.2, 0.25) is 0 Å². The summed E-state index contributed by atoms with van der Waals surface area (Å²) in [5.41, 5.74) is -0.575. The number of alkyl halides is 3. The summed E-state index contributed by atoms with van der Waals surface area (Å²) in [4.78, 5) is 22.7. The summed E-state index contributed by atoms with van der Waals surface area (Å²) in [6.07, 6.45) is -3.37. The van der Waals surface area contributed by atoms with E-state index in [9.17, 15) is 27.2 Å². The quantitative estimate of drug-likeness (QED) is 0.280. The fourth-order valence-electron chi connectivity index (χ4n) is 1.64. The summed E-state index contributed by atoms with van der Waals surface area (Å²) in [6, 6.07) is 2.87. The molecule has 1 aliphatic heterocycles. The third-order valence-electron chi connectivity index (χ3n) is 2.68. The Morgan fingerprint density at radius 2 is 2.08 bits per heavy atom. The van der Waals surface area contributed by atoms with E-state index < -0.39 is 35.4 Å². The molecular weight excluding hydrogens is 382 g/mol. The number of nitrogens with one attached hydrogen (secondary N) is 1. The van der Waals surface area contributed by atoms with Crippen LogP contribution in [0.2, 0.25) is 0 Å². The van der Waals surface area contributed by atoms with E-state index in [2.05, 4.69) is 25.0 Å². The first-order chi connectivity index (χ1) is 12.2. The molecule has 1 heterocycles. The molecule has 1 fully saturated rings. The second kappa shape index (κ2) is 7.99. The van der Waals surface area contributed by atoms with Crippen LogP contribution in [0.1, 0.15) is 5.56 Å². The van der Waals surface area contributed by atoms with Gasteiger partial charge in [-0.2, -0.15) is 5.10 Å². The molecule has 0 bridgehead atoms. The molecule has 1 aromatic carbocycles. The molecule has 1 amide bonds. The van der Waals surface area contributed by atoms with Crippen molar-refractivity contribution in [1.29, 1.82) is 0 Å². The van der Waals surface area contributed by atoms with Gasteiger partial charge in [-0.25, -0.2) is 9.18 Å². The van der Waals surface area contributed by atoms with Crippen molar-refractivity contribution >= 4 is 35.0 Å². The molecule has 1 saturated heterocycles. The lowest BCUT2D eigenvalue weighted by molar-refractivity contribution is -0.274. The zero-order valence-electron chi connectivity index (χ0n) is 12.8. The van der Waals surface area contributed by atoms with Crippen molar-refractivity contribution in [2.75, 3.05) is 7.11 Å². The van der Waals surface area contributed by atoms with Crippen LogP contribution < -0.4 is 10.1 Å². The lowest BCUT2D eigenvalue weighted by Gasteiger charge is -2.11. The maximum absolute atomic E-state index is 13.7. The molecule has 0 unspecified atom stereocenters. The van der Waals surface area contributed by atoms with Gasteiger partial charge in [0.25, 0.3) is 5.91 Å². The number of rotatable bonds is 4. The van der Waals surface area contributed by atoms with Crippen LogP contribution in [0.3, 0.4) is 0 Å². The summed E-state index contributed by atoms with van der Waals surface area (Å²) < 4.78 is 58.8. The van der Waals surface area contributed by atoms with Crippen LogP contribution >= 0.6 is 11.8 Å². The molecule has 12 heteroatoms.